The van der Waals surface area contributed by atoms with Gasteiger partial charge in [0, 0.05) is 12.7 Å². The van der Waals surface area contributed by atoms with Crippen molar-refractivity contribution in [1.82, 2.24) is 4.98 Å². The molecule has 3 N–H and O–H groups in total. The minimum absolute atomic E-state index is 0.637. The summed E-state index contributed by atoms with van der Waals surface area (Å²) in [6.07, 6.45) is 1.83. The van der Waals surface area contributed by atoms with Crippen molar-refractivity contribution < 1.29 is 4.74 Å². The summed E-state index contributed by atoms with van der Waals surface area (Å²) in [7, 11) is 1.61. The Bertz CT molecular complexity index is 587. The smallest absolute Gasteiger partial charge is 0.141 e. The molecule has 1 heterocycles. The first-order valence-electron chi connectivity index (χ1n) is 5.88. The number of hydrogen-bond acceptors (Lipinski definition) is 4. The maximum atomic E-state index is 5.87. The van der Waals surface area contributed by atoms with Crippen LogP contribution in [0.5, 0.6) is 5.75 Å². The van der Waals surface area contributed by atoms with Crippen LogP contribution in [0.4, 0.5) is 11.5 Å². The summed E-state index contributed by atoms with van der Waals surface area (Å²) >= 11 is 3.49. The van der Waals surface area contributed by atoms with Crippen LogP contribution in [0.1, 0.15) is 11.1 Å². The highest BCUT2D eigenvalue weighted by atomic mass is 79.9. The van der Waals surface area contributed by atoms with Crippen molar-refractivity contribution in [2.45, 2.75) is 13.5 Å². The van der Waals surface area contributed by atoms with Gasteiger partial charge in [0.15, 0.2) is 0 Å². The number of benzene rings is 1. The molecule has 2 aromatic rings. The number of nitrogens with one attached hydrogen (secondary N) is 1. The first-order valence-corrected chi connectivity index (χ1v) is 6.68. The van der Waals surface area contributed by atoms with Gasteiger partial charge in [-0.15, -0.1) is 0 Å². The average Bonchev–Trinajstić information content (AvgIpc) is 2.38. The number of halogens is 1. The van der Waals surface area contributed by atoms with Crippen molar-refractivity contribution >= 4 is 27.4 Å². The summed E-state index contributed by atoms with van der Waals surface area (Å²) in [5.74, 6) is 1.51. The Kier molecular flexibility index (Phi) is 4.27. The number of nitrogens with zero attached hydrogens (tertiary/aromatic N) is 1. The largest absolute Gasteiger partial charge is 0.495 e. The fraction of sp³-hybridized carbons (Fsp3) is 0.214. The Labute approximate surface area is 121 Å². The van der Waals surface area contributed by atoms with Gasteiger partial charge in [0.25, 0.3) is 0 Å². The molecule has 0 spiro atoms. The average molecular weight is 322 g/mol. The number of rotatable bonds is 4. The number of methoxy groups -OCH3 is 1. The molecule has 1 aromatic heterocycles. The van der Waals surface area contributed by atoms with Gasteiger partial charge in [-0.2, -0.15) is 0 Å². The van der Waals surface area contributed by atoms with Crippen LogP contribution >= 0.6 is 15.9 Å². The molecule has 100 valence electrons. The molecule has 0 amide bonds. The fourth-order valence-electron chi connectivity index (χ4n) is 1.74. The molecular weight excluding hydrogens is 306 g/mol. The van der Waals surface area contributed by atoms with E-state index < -0.39 is 0 Å². The zero-order valence-electron chi connectivity index (χ0n) is 10.9. The van der Waals surface area contributed by atoms with E-state index in [2.05, 4.69) is 26.2 Å². The van der Waals surface area contributed by atoms with Crippen LogP contribution in [0, 0.1) is 6.92 Å². The predicted molar refractivity (Wildman–Crippen MR) is 81.4 cm³/mol. The monoisotopic (exact) mass is 321 g/mol. The maximum Gasteiger partial charge on any atom is 0.141 e. The summed E-state index contributed by atoms with van der Waals surface area (Å²) in [4.78, 5) is 4.34. The second kappa shape index (κ2) is 5.93. The predicted octanol–water partition coefficient (Wildman–Crippen LogP) is 3.36. The normalized spacial score (nSPS) is 10.3. The van der Waals surface area contributed by atoms with Crippen molar-refractivity contribution in [2.75, 3.05) is 18.2 Å². The summed E-state index contributed by atoms with van der Waals surface area (Å²) < 4.78 is 6.08. The van der Waals surface area contributed by atoms with Crippen LogP contribution in [-0.4, -0.2) is 12.1 Å². The van der Waals surface area contributed by atoms with Gasteiger partial charge in [-0.1, -0.05) is 6.07 Å². The molecule has 1 aromatic carbocycles. The molecule has 0 aliphatic heterocycles. The number of hydrogen-bond donors (Lipinski definition) is 2. The molecule has 0 atom stereocenters. The van der Waals surface area contributed by atoms with Gasteiger partial charge in [-0.05, 0) is 52.2 Å². The first-order chi connectivity index (χ1) is 9.10. The molecule has 0 bridgehead atoms. The summed E-state index contributed by atoms with van der Waals surface area (Å²) in [5, 5.41) is 3.27. The lowest BCUT2D eigenvalue weighted by Gasteiger charge is -2.10. The molecule has 0 aliphatic rings. The van der Waals surface area contributed by atoms with Gasteiger partial charge >= 0.3 is 0 Å². The second-order valence-electron chi connectivity index (χ2n) is 4.27. The molecule has 0 saturated heterocycles. The number of nitrogen functional groups attached to an aromatic ring is 1. The lowest BCUT2D eigenvalue weighted by atomic mass is 10.2. The van der Waals surface area contributed by atoms with Gasteiger partial charge in [-0.3, -0.25) is 0 Å². The number of ether oxygens (including phenoxy) is 1. The lowest BCUT2D eigenvalue weighted by molar-refractivity contribution is 0.417. The third kappa shape index (κ3) is 3.38. The van der Waals surface area contributed by atoms with E-state index >= 15 is 0 Å². The zero-order valence-corrected chi connectivity index (χ0v) is 12.5. The fourth-order valence-corrected chi connectivity index (χ4v) is 2.35. The topological polar surface area (TPSA) is 60.2 Å². The molecule has 0 saturated carbocycles. The van der Waals surface area contributed by atoms with Gasteiger partial charge < -0.3 is 15.8 Å². The van der Waals surface area contributed by atoms with Crippen LogP contribution in [0.2, 0.25) is 0 Å². The van der Waals surface area contributed by atoms with Crippen molar-refractivity contribution in [3.63, 3.8) is 0 Å². The SMILES string of the molecule is COc1ccc(CNc2ncc(C)cc2Br)cc1N. The van der Waals surface area contributed by atoms with E-state index in [9.17, 15) is 0 Å². The molecular formula is C14H16BrN3O. The van der Waals surface area contributed by atoms with Crippen molar-refractivity contribution in [3.05, 3.63) is 46.1 Å². The quantitative estimate of drug-likeness (QED) is 0.848. The van der Waals surface area contributed by atoms with Crippen LogP contribution < -0.4 is 15.8 Å². The lowest BCUT2D eigenvalue weighted by Crippen LogP contribution is -2.03. The summed E-state index contributed by atoms with van der Waals surface area (Å²) in [6.45, 7) is 2.66. The van der Waals surface area contributed by atoms with Crippen molar-refractivity contribution in [2.24, 2.45) is 0 Å². The van der Waals surface area contributed by atoms with E-state index in [0.717, 1.165) is 21.4 Å². The Balaban J connectivity index is 2.08. The molecule has 19 heavy (non-hydrogen) atoms. The van der Waals surface area contributed by atoms with Crippen LogP contribution in [0.3, 0.4) is 0 Å². The highest BCUT2D eigenvalue weighted by Gasteiger charge is 2.03. The summed E-state index contributed by atoms with van der Waals surface area (Å²) in [6, 6.07) is 7.76. The molecule has 0 aliphatic carbocycles. The van der Waals surface area contributed by atoms with E-state index in [-0.39, 0.29) is 0 Å². The molecule has 2 rings (SSSR count). The molecule has 0 fully saturated rings. The first kappa shape index (κ1) is 13.7. The standard InChI is InChI=1S/C14H16BrN3O/c1-9-5-11(15)14(17-7-9)18-8-10-3-4-13(19-2)12(16)6-10/h3-7H,8,16H2,1-2H3,(H,17,18). The van der Waals surface area contributed by atoms with Crippen LogP contribution in [0.15, 0.2) is 34.9 Å². The number of aryl methyl sites for hydroxylation is 1. The van der Waals surface area contributed by atoms with Gasteiger partial charge in [0.2, 0.25) is 0 Å². The molecule has 0 radical (unpaired) electrons. The third-order valence-electron chi connectivity index (χ3n) is 2.73. The van der Waals surface area contributed by atoms with Crippen molar-refractivity contribution in [3.8, 4) is 5.75 Å². The van der Waals surface area contributed by atoms with Crippen LogP contribution in [-0.2, 0) is 6.54 Å². The number of anilines is 2. The summed E-state index contributed by atoms with van der Waals surface area (Å²) in [5.41, 5.74) is 8.70. The highest BCUT2D eigenvalue weighted by molar-refractivity contribution is 9.10. The molecule has 5 heteroatoms. The van der Waals surface area contributed by atoms with Crippen LogP contribution in [0.25, 0.3) is 0 Å². The molecule has 0 unspecified atom stereocenters. The Morgan fingerprint density at radius 3 is 2.79 bits per heavy atom. The van der Waals surface area contributed by atoms with E-state index in [1.807, 2.05) is 37.4 Å². The molecule has 4 nitrogen and oxygen atoms in total. The van der Waals surface area contributed by atoms with Crippen molar-refractivity contribution in [1.29, 1.82) is 0 Å². The Morgan fingerprint density at radius 2 is 2.16 bits per heavy atom. The van der Waals surface area contributed by atoms with Gasteiger partial charge in [-0.25, -0.2) is 4.98 Å². The number of nitrogens with two attached hydrogens (primary N) is 1. The zero-order chi connectivity index (χ0) is 13.8. The van der Waals surface area contributed by atoms with Gasteiger partial charge in [0.05, 0.1) is 17.3 Å². The maximum absolute atomic E-state index is 5.87. The van der Waals surface area contributed by atoms with Gasteiger partial charge in [0.1, 0.15) is 11.6 Å². The van der Waals surface area contributed by atoms with E-state index in [4.69, 9.17) is 10.5 Å². The van der Waals surface area contributed by atoms with E-state index in [0.29, 0.717) is 18.0 Å². The minimum atomic E-state index is 0.637. The minimum Gasteiger partial charge on any atom is -0.495 e. The Morgan fingerprint density at radius 1 is 1.37 bits per heavy atom. The number of aromatic nitrogens is 1. The van der Waals surface area contributed by atoms with E-state index in [1.165, 1.54) is 0 Å². The second-order valence-corrected chi connectivity index (χ2v) is 5.13. The number of pyridine rings is 1. The Hall–Kier alpha value is -1.75. The third-order valence-corrected chi connectivity index (χ3v) is 3.34. The van der Waals surface area contributed by atoms with E-state index in [1.54, 1.807) is 7.11 Å². The highest BCUT2D eigenvalue weighted by Crippen LogP contribution is 2.24.